The Bertz CT molecular complexity index is 1490. The summed E-state index contributed by atoms with van der Waals surface area (Å²) < 4.78 is 14.2. The first-order valence-electron chi connectivity index (χ1n) is 20.2. The van der Waals surface area contributed by atoms with E-state index in [0.717, 1.165) is 56.1 Å². The average molecular weight is 960 g/mol. The Labute approximate surface area is 356 Å². The Hall–Kier alpha value is -0.135. The summed E-state index contributed by atoms with van der Waals surface area (Å²) in [5.74, 6) is 1.23. The Morgan fingerprint density at radius 2 is 1.56 bits per heavy atom. The Morgan fingerprint density at radius 1 is 0.962 bits per heavy atom. The fourth-order valence-corrected chi connectivity index (χ4v) is 12.0. The molecule has 1 aromatic rings. The van der Waals surface area contributed by atoms with Gasteiger partial charge in [-0.05, 0) is 128 Å². The van der Waals surface area contributed by atoms with E-state index in [-0.39, 0.29) is 95.3 Å². The third-order valence-electron chi connectivity index (χ3n) is 15.0. The molecule has 4 fully saturated rings. The Balaban J connectivity index is 0.00000605. The SMILES string of the molecule is C=C1/C(=C\C=C2/CCC[C@@]3(C)C2CCC3[C@H](C)C(O)CC(=O)C2(c3ccccc3)CC2)CC(O[Si](C)(C)C(C)(C)C)CC1O[Si](C)(C)C(C)(C)C.[Ac]. The van der Waals surface area contributed by atoms with Crippen LogP contribution in [0.2, 0.25) is 36.3 Å². The van der Waals surface area contributed by atoms with Crippen LogP contribution in [0.1, 0.15) is 125 Å². The van der Waals surface area contributed by atoms with E-state index in [1.165, 1.54) is 18.4 Å². The number of ketones is 1. The van der Waals surface area contributed by atoms with E-state index in [1.54, 1.807) is 5.57 Å². The van der Waals surface area contributed by atoms with Crippen molar-refractivity contribution in [3.8, 4) is 0 Å². The Kier molecular flexibility index (Phi) is 14.0. The van der Waals surface area contributed by atoms with Crippen LogP contribution >= 0.6 is 0 Å². The zero-order chi connectivity index (χ0) is 37.8. The first-order chi connectivity index (χ1) is 23.5. The summed E-state index contributed by atoms with van der Waals surface area (Å²) in [6, 6.07) is 10.2. The largest absolute Gasteiger partial charge is 0.413 e. The molecule has 1 radical (unpaired) electrons. The second kappa shape index (κ2) is 16.4. The molecule has 5 rings (SSSR count). The van der Waals surface area contributed by atoms with Crippen LogP contribution in [0, 0.1) is 67.2 Å². The third kappa shape index (κ3) is 9.18. The van der Waals surface area contributed by atoms with Crippen LogP contribution in [0.5, 0.6) is 0 Å². The molecule has 0 aliphatic heterocycles. The third-order valence-corrected chi connectivity index (χ3v) is 24.0. The van der Waals surface area contributed by atoms with Crippen LogP contribution < -0.4 is 0 Å². The van der Waals surface area contributed by atoms with Crippen molar-refractivity contribution in [2.75, 3.05) is 0 Å². The maximum absolute atomic E-state index is 13.6. The van der Waals surface area contributed by atoms with Crippen molar-refractivity contribution in [3.63, 3.8) is 0 Å². The van der Waals surface area contributed by atoms with E-state index in [2.05, 4.69) is 112 Å². The zero-order valence-corrected chi connectivity index (χ0v) is 41.8. The van der Waals surface area contributed by atoms with Crippen LogP contribution in [-0.4, -0.2) is 45.8 Å². The molecule has 5 unspecified atom stereocenters. The molecule has 287 valence electrons. The van der Waals surface area contributed by atoms with Gasteiger partial charge in [-0.25, -0.2) is 0 Å². The van der Waals surface area contributed by atoms with Gasteiger partial charge in [-0.2, -0.15) is 0 Å². The second-order valence-corrected chi connectivity index (χ2v) is 29.9. The molecule has 0 aromatic heterocycles. The molecule has 4 saturated carbocycles. The molecule has 0 heterocycles. The molecule has 52 heavy (non-hydrogen) atoms. The topological polar surface area (TPSA) is 55.8 Å². The number of fused-ring (bicyclic) bond motifs is 1. The number of aliphatic hydroxyl groups excluding tert-OH is 1. The summed E-state index contributed by atoms with van der Waals surface area (Å²) in [6.07, 6.45) is 13.9. The van der Waals surface area contributed by atoms with Gasteiger partial charge in [-0.1, -0.05) is 110 Å². The van der Waals surface area contributed by atoms with Gasteiger partial charge < -0.3 is 14.0 Å². The van der Waals surface area contributed by atoms with Gasteiger partial charge in [0, 0.05) is 56.9 Å². The van der Waals surface area contributed by atoms with Crippen molar-refractivity contribution >= 4 is 22.4 Å². The minimum atomic E-state index is -2.02. The predicted octanol–water partition coefficient (Wildman–Crippen LogP) is 11.9. The normalized spacial score (nSPS) is 30.8. The summed E-state index contributed by atoms with van der Waals surface area (Å²) in [4.78, 5) is 13.6. The molecule has 7 heteroatoms. The van der Waals surface area contributed by atoms with Gasteiger partial charge in [0.15, 0.2) is 16.6 Å². The molecule has 4 nitrogen and oxygen atoms in total. The summed E-state index contributed by atoms with van der Waals surface area (Å²) in [6.45, 7) is 32.8. The van der Waals surface area contributed by atoms with E-state index in [1.807, 2.05) is 18.2 Å². The van der Waals surface area contributed by atoms with Gasteiger partial charge in [-0.3, -0.25) is 4.79 Å². The van der Waals surface area contributed by atoms with Gasteiger partial charge in [0.1, 0.15) is 5.78 Å². The fourth-order valence-electron chi connectivity index (χ4n) is 9.36. The van der Waals surface area contributed by atoms with Gasteiger partial charge in [-0.15, -0.1) is 0 Å². The van der Waals surface area contributed by atoms with Crippen molar-refractivity contribution < 1.29 is 62.8 Å². The number of allylic oxidation sites excluding steroid dienone is 3. The van der Waals surface area contributed by atoms with E-state index in [9.17, 15) is 9.90 Å². The van der Waals surface area contributed by atoms with Crippen LogP contribution in [0.4, 0.5) is 0 Å². The van der Waals surface area contributed by atoms with Gasteiger partial charge in [0.25, 0.3) is 0 Å². The molecule has 4 aliphatic rings. The molecule has 7 atom stereocenters. The quantitative estimate of drug-likeness (QED) is 0.225. The minimum absolute atomic E-state index is 0. The molecule has 4 aliphatic carbocycles. The molecule has 1 N–H and O–H groups in total. The number of Topliss-reactive ketones (excluding diaryl/α,β-unsaturated/α-hetero) is 1. The van der Waals surface area contributed by atoms with E-state index in [0.29, 0.717) is 11.8 Å². The van der Waals surface area contributed by atoms with Crippen molar-refractivity contribution in [1.82, 2.24) is 0 Å². The van der Waals surface area contributed by atoms with Gasteiger partial charge in [0.2, 0.25) is 0 Å². The minimum Gasteiger partial charge on any atom is -0.413 e. The molecule has 0 spiro atoms. The van der Waals surface area contributed by atoms with Gasteiger partial charge in [0.05, 0.1) is 23.7 Å². The number of carbonyl (C=O) groups excluding carboxylic acids is 1. The maximum atomic E-state index is 13.6. The number of hydrogen-bond donors (Lipinski definition) is 1. The maximum Gasteiger partial charge on any atom is 0.192 e. The summed E-state index contributed by atoms with van der Waals surface area (Å²) in [7, 11) is -4.00. The summed E-state index contributed by atoms with van der Waals surface area (Å²) in [5.41, 5.74) is 4.87. The van der Waals surface area contributed by atoms with Gasteiger partial charge >= 0.3 is 0 Å². The van der Waals surface area contributed by atoms with Crippen LogP contribution in [0.15, 0.2) is 65.8 Å². The average Bonchev–Trinajstić information content (AvgIpc) is 3.77. The van der Waals surface area contributed by atoms with Crippen LogP contribution in [-0.2, 0) is 19.1 Å². The van der Waals surface area contributed by atoms with Crippen LogP contribution in [0.25, 0.3) is 0 Å². The second-order valence-electron chi connectivity index (χ2n) is 20.4. The first-order valence-corrected chi connectivity index (χ1v) is 26.1. The Morgan fingerprint density at radius 3 is 2.13 bits per heavy atom. The molecule has 1 aromatic carbocycles. The number of carbonyl (C=O) groups is 1. The molecule has 0 saturated heterocycles. The van der Waals surface area contributed by atoms with Crippen molar-refractivity contribution in [2.24, 2.45) is 23.2 Å². The van der Waals surface area contributed by atoms with E-state index >= 15 is 0 Å². The van der Waals surface area contributed by atoms with E-state index in [4.69, 9.17) is 8.85 Å². The van der Waals surface area contributed by atoms with Crippen molar-refractivity contribution in [3.05, 3.63) is 71.3 Å². The van der Waals surface area contributed by atoms with Crippen molar-refractivity contribution in [2.45, 2.75) is 180 Å². The molecular formula is C45H72AcO4Si2. The number of aliphatic hydroxyl groups is 1. The first kappa shape index (κ1) is 44.6. The number of benzene rings is 1. The smallest absolute Gasteiger partial charge is 0.192 e. The van der Waals surface area contributed by atoms with Crippen molar-refractivity contribution in [1.29, 1.82) is 0 Å². The molecule has 0 amide bonds. The molecule has 0 bridgehead atoms. The monoisotopic (exact) mass is 960 g/mol. The fraction of sp³-hybridized carbons (Fsp3) is 0.711. The van der Waals surface area contributed by atoms with E-state index < -0.39 is 22.7 Å². The molecular weight excluding hydrogens is 888 g/mol. The summed E-state index contributed by atoms with van der Waals surface area (Å²) >= 11 is 0. The van der Waals surface area contributed by atoms with Crippen LogP contribution in [0.3, 0.4) is 0 Å². The number of rotatable bonds is 11. The predicted molar refractivity (Wildman–Crippen MR) is 219 cm³/mol. The standard InChI is InChI=1S/C45H72O4Si2.Ac/c1-31-34(28-36(48-50(10,11)42(3,4)5)29-40(31)49-51(12,13)43(6,7)8)22-21-33-18-17-25-44(9)37(23-24-38(33)44)32(2)39(46)30-41(47)45(26-27-45)35-19-15-14-16-20-35;/h14-16,19-22,32,36-40,46H,1,17-18,23-30H2,2-13H3;/b33-21+,34-22-;/t32-,36?,37?,38?,39?,40?,44+;/m0./s1. The zero-order valence-electron chi connectivity index (χ0n) is 35.0. The number of hydrogen-bond acceptors (Lipinski definition) is 4. The summed E-state index contributed by atoms with van der Waals surface area (Å²) in [5, 5.41) is 11.9.